The molecule has 0 atom stereocenters. The van der Waals surface area contributed by atoms with Crippen LogP contribution in [0.4, 0.5) is 5.69 Å². The standard InChI is InChI=1S/C18H21N3O2.HI/c1-22-10-15-4-2-3-5-17(15)21-18(19)20-9-13-6-7-14-11-23-12-16(14)8-13;/h2-8H,9-12H2,1H3,(H3,19,20,21);1H. The topological polar surface area (TPSA) is 68.9 Å². The molecule has 5 nitrogen and oxygen atoms in total. The van der Waals surface area contributed by atoms with Crippen LogP contribution in [-0.2, 0) is 35.8 Å². The molecule has 0 aliphatic carbocycles. The number of nitrogens with zero attached hydrogens (tertiary/aromatic N) is 1. The summed E-state index contributed by atoms with van der Waals surface area (Å²) in [7, 11) is 1.67. The molecule has 1 aliphatic heterocycles. The molecule has 0 saturated carbocycles. The lowest BCUT2D eigenvalue weighted by Crippen LogP contribution is -2.23. The van der Waals surface area contributed by atoms with Gasteiger partial charge in [0.2, 0.25) is 0 Å². The Morgan fingerprint density at radius 1 is 1.21 bits per heavy atom. The number of guanidine groups is 1. The van der Waals surface area contributed by atoms with E-state index in [1.807, 2.05) is 24.3 Å². The summed E-state index contributed by atoms with van der Waals surface area (Å²) in [5.74, 6) is 0.394. The Labute approximate surface area is 159 Å². The first-order valence-electron chi connectivity index (χ1n) is 7.58. The summed E-state index contributed by atoms with van der Waals surface area (Å²) in [6.45, 7) is 2.46. The lowest BCUT2D eigenvalue weighted by molar-refractivity contribution is 0.134. The Kier molecular flexibility index (Phi) is 7.01. The number of nitrogens with two attached hydrogens (primary N) is 1. The third-order valence-corrected chi connectivity index (χ3v) is 3.80. The van der Waals surface area contributed by atoms with E-state index in [1.54, 1.807) is 7.11 Å². The normalized spacial score (nSPS) is 13.3. The van der Waals surface area contributed by atoms with E-state index >= 15 is 0 Å². The van der Waals surface area contributed by atoms with Crippen molar-refractivity contribution in [3.8, 4) is 0 Å². The number of benzene rings is 2. The van der Waals surface area contributed by atoms with Gasteiger partial charge < -0.3 is 20.5 Å². The lowest BCUT2D eigenvalue weighted by Gasteiger charge is -2.11. The zero-order valence-corrected chi connectivity index (χ0v) is 15.9. The number of anilines is 1. The van der Waals surface area contributed by atoms with Crippen LogP contribution in [0.1, 0.15) is 22.3 Å². The number of para-hydroxylation sites is 1. The van der Waals surface area contributed by atoms with Gasteiger partial charge in [-0.2, -0.15) is 0 Å². The molecule has 3 rings (SSSR count). The number of ether oxygens (including phenoxy) is 2. The van der Waals surface area contributed by atoms with Gasteiger partial charge in [-0.15, -0.1) is 24.0 Å². The van der Waals surface area contributed by atoms with E-state index in [-0.39, 0.29) is 24.0 Å². The maximum absolute atomic E-state index is 6.00. The van der Waals surface area contributed by atoms with E-state index in [0.717, 1.165) is 16.8 Å². The maximum atomic E-state index is 6.00. The molecule has 0 radical (unpaired) electrons. The molecule has 24 heavy (non-hydrogen) atoms. The first kappa shape index (κ1) is 18.7. The monoisotopic (exact) mass is 439 g/mol. The van der Waals surface area contributed by atoms with Crippen LogP contribution in [0, 0.1) is 0 Å². The highest BCUT2D eigenvalue weighted by Gasteiger charge is 2.11. The van der Waals surface area contributed by atoms with E-state index in [0.29, 0.717) is 32.3 Å². The summed E-state index contributed by atoms with van der Waals surface area (Å²) in [6.07, 6.45) is 0. The van der Waals surface area contributed by atoms with Crippen molar-refractivity contribution in [1.29, 1.82) is 0 Å². The van der Waals surface area contributed by atoms with Gasteiger partial charge >= 0.3 is 0 Å². The SMILES string of the molecule is COCc1ccccc1NC(N)=NCc1ccc2c(c1)COC2.I. The zero-order valence-electron chi connectivity index (χ0n) is 13.6. The van der Waals surface area contributed by atoms with Crippen LogP contribution in [-0.4, -0.2) is 13.1 Å². The van der Waals surface area contributed by atoms with Crippen molar-refractivity contribution in [2.45, 2.75) is 26.4 Å². The highest BCUT2D eigenvalue weighted by atomic mass is 127. The summed E-state index contributed by atoms with van der Waals surface area (Å²) in [5, 5.41) is 3.14. The Morgan fingerprint density at radius 3 is 2.83 bits per heavy atom. The average Bonchev–Trinajstić information content (AvgIpc) is 3.03. The highest BCUT2D eigenvalue weighted by Crippen LogP contribution is 2.21. The third-order valence-electron chi connectivity index (χ3n) is 3.80. The van der Waals surface area contributed by atoms with Crippen LogP contribution in [0.5, 0.6) is 0 Å². The minimum atomic E-state index is 0. The third kappa shape index (κ3) is 4.68. The molecule has 0 bridgehead atoms. The molecule has 2 aromatic carbocycles. The van der Waals surface area contributed by atoms with Crippen molar-refractivity contribution < 1.29 is 9.47 Å². The number of nitrogens with one attached hydrogen (secondary N) is 1. The second kappa shape index (κ2) is 9.00. The van der Waals surface area contributed by atoms with E-state index in [9.17, 15) is 0 Å². The fourth-order valence-electron chi connectivity index (χ4n) is 2.60. The Balaban J connectivity index is 0.00000208. The molecule has 2 aromatic rings. The molecule has 1 heterocycles. The van der Waals surface area contributed by atoms with Crippen LogP contribution in [0.15, 0.2) is 47.5 Å². The van der Waals surface area contributed by atoms with Crippen LogP contribution < -0.4 is 11.1 Å². The molecule has 0 amide bonds. The average molecular weight is 439 g/mol. The maximum Gasteiger partial charge on any atom is 0.193 e. The van der Waals surface area contributed by atoms with Gasteiger partial charge in [-0.3, -0.25) is 0 Å². The fraction of sp³-hybridized carbons (Fsp3) is 0.278. The minimum Gasteiger partial charge on any atom is -0.380 e. The summed E-state index contributed by atoms with van der Waals surface area (Å²) >= 11 is 0. The van der Waals surface area contributed by atoms with E-state index in [4.69, 9.17) is 15.2 Å². The first-order chi connectivity index (χ1) is 11.3. The van der Waals surface area contributed by atoms with Crippen LogP contribution >= 0.6 is 24.0 Å². The number of methoxy groups -OCH3 is 1. The molecule has 128 valence electrons. The van der Waals surface area contributed by atoms with Crippen LogP contribution in [0.25, 0.3) is 0 Å². The van der Waals surface area contributed by atoms with Gasteiger partial charge in [-0.1, -0.05) is 36.4 Å². The predicted octanol–water partition coefficient (Wildman–Crippen LogP) is 3.41. The highest BCUT2D eigenvalue weighted by molar-refractivity contribution is 14.0. The van der Waals surface area contributed by atoms with E-state index in [2.05, 4.69) is 28.5 Å². The number of aliphatic imine (C=N–C) groups is 1. The van der Waals surface area contributed by atoms with Gasteiger partial charge in [0.15, 0.2) is 5.96 Å². The van der Waals surface area contributed by atoms with Crippen molar-refractivity contribution >= 4 is 35.6 Å². The molecule has 0 fully saturated rings. The number of halogens is 1. The Bertz CT molecular complexity index is 719. The Hall–Kier alpha value is -1.64. The zero-order chi connectivity index (χ0) is 16.1. The van der Waals surface area contributed by atoms with Gasteiger partial charge in [0, 0.05) is 18.4 Å². The number of hydrogen-bond acceptors (Lipinski definition) is 3. The van der Waals surface area contributed by atoms with Crippen molar-refractivity contribution in [2.75, 3.05) is 12.4 Å². The van der Waals surface area contributed by atoms with Gasteiger partial charge in [-0.05, 0) is 22.8 Å². The summed E-state index contributed by atoms with van der Waals surface area (Å²) in [6, 6.07) is 14.2. The van der Waals surface area contributed by atoms with Gasteiger partial charge in [-0.25, -0.2) is 4.99 Å². The second-order valence-corrected chi connectivity index (χ2v) is 5.51. The fourth-order valence-corrected chi connectivity index (χ4v) is 2.60. The van der Waals surface area contributed by atoms with Crippen molar-refractivity contribution in [3.63, 3.8) is 0 Å². The lowest BCUT2D eigenvalue weighted by atomic mass is 10.1. The molecule has 1 aliphatic rings. The van der Waals surface area contributed by atoms with Gasteiger partial charge in [0.1, 0.15) is 0 Å². The van der Waals surface area contributed by atoms with Crippen molar-refractivity contribution in [3.05, 3.63) is 64.7 Å². The molecular weight excluding hydrogens is 417 g/mol. The molecular formula is C18H22IN3O2. The smallest absolute Gasteiger partial charge is 0.193 e. The van der Waals surface area contributed by atoms with Crippen LogP contribution in [0.3, 0.4) is 0 Å². The number of rotatable bonds is 5. The Morgan fingerprint density at radius 2 is 2.00 bits per heavy atom. The molecule has 0 saturated heterocycles. The van der Waals surface area contributed by atoms with Crippen LogP contribution in [0.2, 0.25) is 0 Å². The molecule has 3 N–H and O–H groups in total. The molecule has 6 heteroatoms. The molecule has 0 spiro atoms. The number of fused-ring (bicyclic) bond motifs is 1. The van der Waals surface area contributed by atoms with Gasteiger partial charge in [0.05, 0.1) is 26.4 Å². The summed E-state index contributed by atoms with van der Waals surface area (Å²) < 4.78 is 10.6. The van der Waals surface area contributed by atoms with Crippen molar-refractivity contribution in [1.82, 2.24) is 0 Å². The van der Waals surface area contributed by atoms with Crippen molar-refractivity contribution in [2.24, 2.45) is 10.7 Å². The first-order valence-corrected chi connectivity index (χ1v) is 7.58. The molecule has 0 aromatic heterocycles. The van der Waals surface area contributed by atoms with E-state index in [1.165, 1.54) is 11.1 Å². The van der Waals surface area contributed by atoms with Gasteiger partial charge in [0.25, 0.3) is 0 Å². The minimum absolute atomic E-state index is 0. The molecule has 0 unspecified atom stereocenters. The quantitative estimate of drug-likeness (QED) is 0.426. The second-order valence-electron chi connectivity index (χ2n) is 5.51. The predicted molar refractivity (Wildman–Crippen MR) is 106 cm³/mol. The largest absolute Gasteiger partial charge is 0.380 e. The summed E-state index contributed by atoms with van der Waals surface area (Å²) in [4.78, 5) is 4.42. The summed E-state index contributed by atoms with van der Waals surface area (Å²) in [5.41, 5.74) is 11.6. The number of hydrogen-bond donors (Lipinski definition) is 2. The van der Waals surface area contributed by atoms with E-state index < -0.39 is 0 Å².